The van der Waals surface area contributed by atoms with Crippen LogP contribution in [-0.2, 0) is 4.79 Å². The van der Waals surface area contributed by atoms with Gasteiger partial charge in [0.1, 0.15) is 0 Å². The lowest BCUT2D eigenvalue weighted by molar-refractivity contribution is -0.114. The summed E-state index contributed by atoms with van der Waals surface area (Å²) in [6.07, 6.45) is 1.82. The average molecular weight is 532 g/mol. The van der Waals surface area contributed by atoms with Gasteiger partial charge in [-0.3, -0.25) is 9.78 Å². The monoisotopic (exact) mass is 531 g/mol. The number of hydrogen-bond donors (Lipinski definition) is 2. The molecule has 6 nitrogen and oxygen atoms in total. The molecule has 0 unspecified atom stereocenters. The van der Waals surface area contributed by atoms with Gasteiger partial charge in [-0.15, -0.1) is 0 Å². The van der Waals surface area contributed by atoms with Crippen LogP contribution in [0.1, 0.15) is 41.7 Å². The van der Waals surface area contributed by atoms with E-state index in [0.29, 0.717) is 5.11 Å². The number of anilines is 2. The number of nitrogens with zero attached hydrogens (tertiary/aromatic N) is 3. The van der Waals surface area contributed by atoms with E-state index >= 15 is 0 Å². The first-order valence-electron chi connectivity index (χ1n) is 13.0. The lowest BCUT2D eigenvalue weighted by Crippen LogP contribution is -2.29. The Morgan fingerprint density at radius 1 is 0.949 bits per heavy atom. The van der Waals surface area contributed by atoms with Crippen LogP contribution in [0.5, 0.6) is 0 Å². The molecule has 39 heavy (non-hydrogen) atoms. The minimum atomic E-state index is -0.143. The largest absolute Gasteiger partial charge is 0.351 e. The second kappa shape index (κ2) is 10.0. The highest BCUT2D eigenvalue weighted by molar-refractivity contribution is 7.80. The van der Waals surface area contributed by atoms with Crippen LogP contribution in [-0.4, -0.2) is 20.6 Å². The van der Waals surface area contributed by atoms with E-state index in [1.54, 1.807) is 0 Å². The van der Waals surface area contributed by atoms with Crippen LogP contribution in [0.4, 0.5) is 11.4 Å². The third kappa shape index (κ3) is 4.45. The standard InChI is InChI=1S/C32H29N5OS/c1-20-19-27(21(2)36(20)29-13-8-10-23-9-4-5-11-26(23)29)31-30(28-12-6-7-18-33-28)35-32(39)37(31)25-16-14-24(15-17-25)34-22(3)38/h4-19,30-31H,1-3H3,(H,34,38)(H,35,39)/t30-,31-/m0/s1. The van der Waals surface area contributed by atoms with E-state index in [-0.39, 0.29) is 18.0 Å². The molecule has 1 saturated heterocycles. The summed E-state index contributed by atoms with van der Waals surface area (Å²) in [5.41, 5.74) is 7.25. The van der Waals surface area contributed by atoms with Crippen LogP contribution in [0.2, 0.25) is 0 Å². The van der Waals surface area contributed by atoms with Gasteiger partial charge in [0.2, 0.25) is 5.91 Å². The van der Waals surface area contributed by atoms with Crippen molar-refractivity contribution in [3.05, 3.63) is 120 Å². The highest BCUT2D eigenvalue weighted by Crippen LogP contribution is 2.44. The van der Waals surface area contributed by atoms with E-state index < -0.39 is 0 Å². The van der Waals surface area contributed by atoms with Crippen molar-refractivity contribution in [2.75, 3.05) is 10.2 Å². The van der Waals surface area contributed by atoms with Crippen molar-refractivity contribution in [2.24, 2.45) is 0 Å². The van der Waals surface area contributed by atoms with Crippen molar-refractivity contribution in [1.29, 1.82) is 0 Å². The van der Waals surface area contributed by atoms with Crippen molar-refractivity contribution < 1.29 is 4.79 Å². The molecule has 0 radical (unpaired) electrons. The molecule has 0 spiro atoms. The summed E-state index contributed by atoms with van der Waals surface area (Å²) in [4.78, 5) is 18.4. The molecule has 0 bridgehead atoms. The molecule has 1 aliphatic heterocycles. The molecule has 1 aliphatic rings. The third-order valence-corrected chi connectivity index (χ3v) is 7.67. The highest BCUT2D eigenvalue weighted by Gasteiger charge is 2.42. The first kappa shape index (κ1) is 24.8. The number of carbonyl (C=O) groups excluding carboxylic acids is 1. The number of aryl methyl sites for hydroxylation is 1. The normalized spacial score (nSPS) is 16.9. The maximum Gasteiger partial charge on any atom is 0.221 e. The quantitative estimate of drug-likeness (QED) is 0.245. The van der Waals surface area contributed by atoms with Gasteiger partial charge in [-0.05, 0) is 85.5 Å². The van der Waals surface area contributed by atoms with Crippen molar-refractivity contribution in [1.82, 2.24) is 14.9 Å². The van der Waals surface area contributed by atoms with Crippen molar-refractivity contribution in [3.63, 3.8) is 0 Å². The lowest BCUT2D eigenvalue weighted by atomic mass is 9.96. The zero-order chi connectivity index (χ0) is 27.1. The maximum absolute atomic E-state index is 11.6. The summed E-state index contributed by atoms with van der Waals surface area (Å²) < 4.78 is 2.34. The minimum absolute atomic E-state index is 0.102. The maximum atomic E-state index is 11.6. The second-order valence-electron chi connectivity index (χ2n) is 9.88. The van der Waals surface area contributed by atoms with E-state index in [2.05, 4.69) is 82.5 Å². The molecule has 0 aliphatic carbocycles. The highest BCUT2D eigenvalue weighted by atomic mass is 32.1. The SMILES string of the molecule is CC(=O)Nc1ccc(N2C(=S)N[C@@H](c3ccccn3)[C@@H]2c2cc(C)n(-c3cccc4ccccc34)c2C)cc1. The fourth-order valence-electron chi connectivity index (χ4n) is 5.72. The zero-order valence-electron chi connectivity index (χ0n) is 22.1. The first-order chi connectivity index (χ1) is 18.9. The Balaban J connectivity index is 1.50. The molecule has 1 amide bonds. The second-order valence-corrected chi connectivity index (χ2v) is 10.3. The zero-order valence-corrected chi connectivity index (χ0v) is 22.9. The molecule has 7 heteroatoms. The van der Waals surface area contributed by atoms with Crippen molar-refractivity contribution in [2.45, 2.75) is 32.9 Å². The van der Waals surface area contributed by atoms with Gasteiger partial charge in [0, 0.05) is 41.3 Å². The molecule has 5 aromatic rings. The Bertz CT molecular complexity index is 1690. The molecule has 2 atom stereocenters. The number of benzene rings is 3. The molecule has 1 fully saturated rings. The summed E-state index contributed by atoms with van der Waals surface area (Å²) in [6.45, 7) is 5.84. The Morgan fingerprint density at radius 2 is 1.69 bits per heavy atom. The summed E-state index contributed by atoms with van der Waals surface area (Å²) in [5.74, 6) is -0.102. The van der Waals surface area contributed by atoms with Crippen LogP contribution in [0.3, 0.4) is 0 Å². The molecule has 3 aromatic carbocycles. The van der Waals surface area contributed by atoms with Gasteiger partial charge in [-0.25, -0.2) is 0 Å². The number of pyridine rings is 1. The summed E-state index contributed by atoms with van der Waals surface area (Å²) >= 11 is 5.93. The number of amides is 1. The number of carbonyl (C=O) groups is 1. The van der Waals surface area contributed by atoms with Gasteiger partial charge < -0.3 is 20.1 Å². The number of aromatic nitrogens is 2. The molecule has 0 saturated carbocycles. The van der Waals surface area contributed by atoms with E-state index in [4.69, 9.17) is 17.2 Å². The van der Waals surface area contributed by atoms with Crippen LogP contribution in [0, 0.1) is 13.8 Å². The van der Waals surface area contributed by atoms with Crippen molar-refractivity contribution >= 4 is 45.4 Å². The molecular weight excluding hydrogens is 502 g/mol. The Morgan fingerprint density at radius 3 is 2.44 bits per heavy atom. The third-order valence-electron chi connectivity index (χ3n) is 7.36. The number of thiocarbonyl (C=S) groups is 1. The van der Waals surface area contributed by atoms with Gasteiger partial charge in [0.25, 0.3) is 0 Å². The van der Waals surface area contributed by atoms with E-state index in [1.165, 1.54) is 23.3 Å². The van der Waals surface area contributed by atoms with Gasteiger partial charge in [-0.2, -0.15) is 0 Å². The number of fused-ring (bicyclic) bond motifs is 1. The predicted molar refractivity (Wildman–Crippen MR) is 161 cm³/mol. The van der Waals surface area contributed by atoms with Crippen LogP contribution in [0.25, 0.3) is 16.5 Å². The van der Waals surface area contributed by atoms with Gasteiger partial charge in [0.05, 0.1) is 23.5 Å². The van der Waals surface area contributed by atoms with E-state index in [9.17, 15) is 4.79 Å². The predicted octanol–water partition coefficient (Wildman–Crippen LogP) is 6.78. The smallest absolute Gasteiger partial charge is 0.221 e. The summed E-state index contributed by atoms with van der Waals surface area (Å²) in [7, 11) is 0. The van der Waals surface area contributed by atoms with Gasteiger partial charge in [0.15, 0.2) is 5.11 Å². The number of rotatable bonds is 5. The molecule has 2 aromatic heterocycles. The van der Waals surface area contributed by atoms with Gasteiger partial charge in [-0.1, -0.05) is 42.5 Å². The van der Waals surface area contributed by atoms with Gasteiger partial charge >= 0.3 is 0 Å². The fraction of sp³-hybridized carbons (Fsp3) is 0.156. The number of hydrogen-bond acceptors (Lipinski definition) is 3. The Hall–Kier alpha value is -4.49. The van der Waals surface area contributed by atoms with E-state index in [0.717, 1.165) is 34.1 Å². The Kier molecular flexibility index (Phi) is 6.37. The lowest BCUT2D eigenvalue weighted by Gasteiger charge is -2.28. The summed E-state index contributed by atoms with van der Waals surface area (Å²) in [5, 5.41) is 9.45. The van der Waals surface area contributed by atoms with Crippen molar-refractivity contribution in [3.8, 4) is 5.69 Å². The molecule has 2 N–H and O–H groups in total. The molecular formula is C32H29N5OS. The summed E-state index contributed by atoms with van der Waals surface area (Å²) in [6, 6.07) is 30.7. The van der Waals surface area contributed by atoms with Crippen LogP contribution in [0.15, 0.2) is 97.2 Å². The molecule has 6 rings (SSSR count). The topological polar surface area (TPSA) is 62.2 Å². The fourth-order valence-corrected chi connectivity index (χ4v) is 6.06. The molecule has 194 valence electrons. The number of nitrogens with one attached hydrogen (secondary N) is 2. The average Bonchev–Trinajstić information content (AvgIpc) is 3.43. The van der Waals surface area contributed by atoms with Crippen LogP contribution < -0.4 is 15.5 Å². The Labute approximate surface area is 233 Å². The first-order valence-corrected chi connectivity index (χ1v) is 13.4. The van der Waals surface area contributed by atoms with Crippen LogP contribution >= 0.6 is 12.2 Å². The molecule has 3 heterocycles. The minimum Gasteiger partial charge on any atom is -0.351 e. The van der Waals surface area contributed by atoms with E-state index in [1.807, 2.05) is 48.7 Å².